The molecule has 8 heteroatoms. The van der Waals surface area contributed by atoms with Gasteiger partial charge in [0, 0.05) is 56.3 Å². The van der Waals surface area contributed by atoms with Crippen molar-refractivity contribution in [2.75, 3.05) is 49.1 Å². The highest BCUT2D eigenvalue weighted by molar-refractivity contribution is 5.95. The van der Waals surface area contributed by atoms with Crippen molar-refractivity contribution in [1.82, 2.24) is 14.9 Å². The number of benzene rings is 3. The van der Waals surface area contributed by atoms with Gasteiger partial charge < -0.3 is 24.5 Å². The summed E-state index contributed by atoms with van der Waals surface area (Å²) < 4.78 is 5.98. The second kappa shape index (κ2) is 12.7. The molecule has 40 heavy (non-hydrogen) atoms. The summed E-state index contributed by atoms with van der Waals surface area (Å²) in [4.78, 5) is 29.1. The van der Waals surface area contributed by atoms with Gasteiger partial charge in [0.05, 0.1) is 5.52 Å². The van der Waals surface area contributed by atoms with Crippen LogP contribution in [0.5, 0.6) is 11.5 Å². The highest BCUT2D eigenvalue weighted by Crippen LogP contribution is 2.37. The number of nitrogens with zero attached hydrogens (tertiary/aromatic N) is 5. The molecule has 1 N–H and O–H groups in total. The Kier molecular flexibility index (Phi) is 8.64. The SMILES string of the molecule is CC.O=C(c1ccccc1)N1CCN(c2nc(N3CCCC3)nc3cc(OCc4ccccc4)c(O)cc23)CC1. The van der Waals surface area contributed by atoms with E-state index < -0.39 is 0 Å². The van der Waals surface area contributed by atoms with Crippen molar-refractivity contribution in [3.05, 3.63) is 83.9 Å². The first kappa shape index (κ1) is 27.2. The fourth-order valence-corrected chi connectivity index (χ4v) is 5.15. The van der Waals surface area contributed by atoms with Crippen LogP contribution in [0.1, 0.15) is 42.6 Å². The topological polar surface area (TPSA) is 82.0 Å². The van der Waals surface area contributed by atoms with Gasteiger partial charge in [0.1, 0.15) is 12.4 Å². The van der Waals surface area contributed by atoms with Crippen LogP contribution in [0.25, 0.3) is 10.9 Å². The van der Waals surface area contributed by atoms with Gasteiger partial charge in [-0.2, -0.15) is 4.98 Å². The number of anilines is 2. The number of phenols is 1. The molecule has 1 aromatic heterocycles. The molecule has 2 fully saturated rings. The smallest absolute Gasteiger partial charge is 0.253 e. The Hall–Kier alpha value is -4.33. The van der Waals surface area contributed by atoms with Crippen LogP contribution >= 0.6 is 0 Å². The monoisotopic (exact) mass is 539 g/mol. The number of hydrogen-bond acceptors (Lipinski definition) is 7. The quantitative estimate of drug-likeness (QED) is 0.346. The van der Waals surface area contributed by atoms with E-state index in [1.165, 1.54) is 0 Å². The van der Waals surface area contributed by atoms with Crippen molar-refractivity contribution in [2.45, 2.75) is 33.3 Å². The predicted molar refractivity (Wildman–Crippen MR) is 159 cm³/mol. The number of aromatic hydroxyl groups is 1. The summed E-state index contributed by atoms with van der Waals surface area (Å²) >= 11 is 0. The number of piperazine rings is 1. The maximum atomic E-state index is 13.0. The van der Waals surface area contributed by atoms with E-state index in [-0.39, 0.29) is 11.7 Å². The third-order valence-corrected chi connectivity index (χ3v) is 7.26. The van der Waals surface area contributed by atoms with Crippen LogP contribution in [-0.2, 0) is 6.61 Å². The number of amides is 1. The molecule has 0 unspecified atom stereocenters. The number of phenolic OH excluding ortho intramolecular Hbond substituents is 1. The average Bonchev–Trinajstić information content (AvgIpc) is 3.57. The second-order valence-electron chi connectivity index (χ2n) is 9.80. The van der Waals surface area contributed by atoms with Crippen LogP contribution in [0.4, 0.5) is 11.8 Å². The molecule has 0 atom stereocenters. The van der Waals surface area contributed by atoms with E-state index in [2.05, 4.69) is 9.80 Å². The highest BCUT2D eigenvalue weighted by Gasteiger charge is 2.26. The molecular formula is C32H37N5O3. The number of aromatic nitrogens is 2. The molecule has 2 aliphatic rings. The van der Waals surface area contributed by atoms with Crippen molar-refractivity contribution >= 4 is 28.6 Å². The third-order valence-electron chi connectivity index (χ3n) is 7.26. The fraction of sp³-hybridized carbons (Fsp3) is 0.344. The molecule has 0 saturated carbocycles. The molecule has 0 bridgehead atoms. The van der Waals surface area contributed by atoms with Gasteiger partial charge in [0.2, 0.25) is 5.95 Å². The molecule has 0 aliphatic carbocycles. The minimum atomic E-state index is 0.0494. The van der Waals surface area contributed by atoms with E-state index in [9.17, 15) is 9.90 Å². The minimum absolute atomic E-state index is 0.0494. The van der Waals surface area contributed by atoms with Crippen LogP contribution in [0.2, 0.25) is 0 Å². The summed E-state index contributed by atoms with van der Waals surface area (Å²) in [6.45, 7) is 8.72. The Morgan fingerprint density at radius 1 is 0.825 bits per heavy atom. The van der Waals surface area contributed by atoms with Gasteiger partial charge in [-0.25, -0.2) is 4.98 Å². The van der Waals surface area contributed by atoms with Crippen LogP contribution in [0.3, 0.4) is 0 Å². The summed E-state index contributed by atoms with van der Waals surface area (Å²) in [5, 5.41) is 11.6. The molecule has 2 saturated heterocycles. The Balaban J connectivity index is 0.00000158. The van der Waals surface area contributed by atoms with E-state index in [1.807, 2.05) is 85.5 Å². The maximum Gasteiger partial charge on any atom is 0.253 e. The van der Waals surface area contributed by atoms with Crippen molar-refractivity contribution in [3.8, 4) is 11.5 Å². The Labute approximate surface area is 235 Å². The molecule has 208 valence electrons. The molecule has 4 aromatic rings. The number of rotatable bonds is 6. The van der Waals surface area contributed by atoms with Crippen molar-refractivity contribution in [1.29, 1.82) is 0 Å². The summed E-state index contributed by atoms with van der Waals surface area (Å²) in [7, 11) is 0. The fourth-order valence-electron chi connectivity index (χ4n) is 5.15. The van der Waals surface area contributed by atoms with E-state index in [0.717, 1.165) is 48.2 Å². The lowest BCUT2D eigenvalue weighted by atomic mass is 10.1. The summed E-state index contributed by atoms with van der Waals surface area (Å²) in [6, 6.07) is 22.8. The third kappa shape index (κ3) is 5.96. The van der Waals surface area contributed by atoms with E-state index >= 15 is 0 Å². The van der Waals surface area contributed by atoms with Crippen LogP contribution in [0.15, 0.2) is 72.8 Å². The zero-order chi connectivity index (χ0) is 27.9. The van der Waals surface area contributed by atoms with Crippen LogP contribution in [0, 0.1) is 0 Å². The van der Waals surface area contributed by atoms with Crippen molar-refractivity contribution < 1.29 is 14.6 Å². The molecule has 2 aliphatic heterocycles. The second-order valence-corrected chi connectivity index (χ2v) is 9.80. The molecule has 3 aromatic carbocycles. The van der Waals surface area contributed by atoms with Crippen molar-refractivity contribution in [2.24, 2.45) is 0 Å². The first-order chi connectivity index (χ1) is 19.7. The minimum Gasteiger partial charge on any atom is -0.504 e. The molecule has 1 amide bonds. The number of fused-ring (bicyclic) bond motifs is 1. The first-order valence-corrected chi connectivity index (χ1v) is 14.2. The molecule has 0 radical (unpaired) electrons. The van der Waals surface area contributed by atoms with Gasteiger partial charge in [-0.3, -0.25) is 4.79 Å². The lowest BCUT2D eigenvalue weighted by Gasteiger charge is -2.36. The Morgan fingerprint density at radius 2 is 1.48 bits per heavy atom. The zero-order valence-electron chi connectivity index (χ0n) is 23.3. The predicted octanol–water partition coefficient (Wildman–Crippen LogP) is 5.50. The molecule has 8 nitrogen and oxygen atoms in total. The number of hydrogen-bond donors (Lipinski definition) is 1. The van der Waals surface area contributed by atoms with Gasteiger partial charge in [-0.15, -0.1) is 0 Å². The van der Waals surface area contributed by atoms with Crippen molar-refractivity contribution in [3.63, 3.8) is 0 Å². The van der Waals surface area contributed by atoms with Gasteiger partial charge in [0.15, 0.2) is 11.5 Å². The lowest BCUT2D eigenvalue weighted by molar-refractivity contribution is 0.0746. The number of ether oxygens (including phenoxy) is 1. The zero-order valence-corrected chi connectivity index (χ0v) is 23.3. The lowest BCUT2D eigenvalue weighted by Crippen LogP contribution is -2.49. The molecule has 0 spiro atoms. The standard InChI is InChI=1S/C30H31N5O3.C2H6/c36-26-19-24-25(20-27(26)38-21-22-9-3-1-4-10-22)31-30(35-13-7-8-14-35)32-28(24)33-15-17-34(18-16-33)29(37)23-11-5-2-6-12-23;1-2/h1-6,9-12,19-20,36H,7-8,13-18,21H2;1-2H3. The van der Waals surface area contributed by atoms with Crippen LogP contribution in [-0.4, -0.2) is 65.2 Å². The molecular weight excluding hydrogens is 502 g/mol. The van der Waals surface area contributed by atoms with E-state index in [1.54, 1.807) is 6.07 Å². The summed E-state index contributed by atoms with van der Waals surface area (Å²) in [5.74, 6) is 2.00. The van der Waals surface area contributed by atoms with Gasteiger partial charge >= 0.3 is 0 Å². The summed E-state index contributed by atoms with van der Waals surface area (Å²) in [5.41, 5.74) is 2.47. The molecule has 3 heterocycles. The van der Waals surface area contributed by atoms with Gasteiger partial charge in [-0.05, 0) is 36.6 Å². The first-order valence-electron chi connectivity index (χ1n) is 14.2. The van der Waals surface area contributed by atoms with E-state index in [4.69, 9.17) is 14.7 Å². The maximum absolute atomic E-state index is 13.0. The summed E-state index contributed by atoms with van der Waals surface area (Å²) in [6.07, 6.45) is 2.25. The largest absolute Gasteiger partial charge is 0.504 e. The normalized spacial score (nSPS) is 15.1. The highest BCUT2D eigenvalue weighted by atomic mass is 16.5. The van der Waals surface area contributed by atoms with Gasteiger partial charge in [-0.1, -0.05) is 62.4 Å². The Morgan fingerprint density at radius 3 is 2.15 bits per heavy atom. The van der Waals surface area contributed by atoms with Crippen LogP contribution < -0.4 is 14.5 Å². The Bertz CT molecular complexity index is 1420. The number of carbonyl (C=O) groups excluding carboxylic acids is 1. The van der Waals surface area contributed by atoms with Gasteiger partial charge in [0.25, 0.3) is 5.91 Å². The number of carbonyl (C=O) groups is 1. The van der Waals surface area contributed by atoms with E-state index in [0.29, 0.717) is 50.0 Å². The average molecular weight is 540 g/mol. The molecule has 6 rings (SSSR count).